The smallest absolute Gasteiger partial charge is 0.351 e. The predicted molar refractivity (Wildman–Crippen MR) is 75.4 cm³/mol. The molecule has 0 saturated carbocycles. The highest BCUT2D eigenvalue weighted by atomic mass is 16.3. The van der Waals surface area contributed by atoms with Crippen LogP contribution < -0.4 is 15.5 Å². The third kappa shape index (κ3) is 5.27. The van der Waals surface area contributed by atoms with Crippen LogP contribution in [-0.4, -0.2) is 88.0 Å². The molecule has 0 aliphatic carbocycles. The van der Waals surface area contributed by atoms with E-state index in [1.54, 1.807) is 0 Å². The van der Waals surface area contributed by atoms with Gasteiger partial charge in [0.25, 0.3) is 0 Å². The minimum atomic E-state index is -0.642. The van der Waals surface area contributed by atoms with Gasteiger partial charge in [0, 0.05) is 26.2 Å². The highest BCUT2D eigenvalue weighted by Gasteiger charge is 2.14. The lowest BCUT2D eigenvalue weighted by Gasteiger charge is -2.24. The van der Waals surface area contributed by atoms with E-state index in [9.17, 15) is 4.79 Å². The minimum Gasteiger partial charge on any atom is -0.395 e. The number of H-pyrrole nitrogens is 1. The van der Waals surface area contributed by atoms with Crippen LogP contribution >= 0.6 is 0 Å². The van der Waals surface area contributed by atoms with Crippen molar-refractivity contribution >= 4 is 11.9 Å². The molecule has 0 aliphatic rings. The molecule has 1 aromatic heterocycles. The number of aliphatic hydroxyl groups is 4. The van der Waals surface area contributed by atoms with E-state index in [0.29, 0.717) is 0 Å². The van der Waals surface area contributed by atoms with Crippen LogP contribution in [0.2, 0.25) is 0 Å². The number of aromatic nitrogens is 3. The Kier molecular flexibility index (Phi) is 7.61. The Hall–Kier alpha value is -1.75. The lowest BCUT2D eigenvalue weighted by Crippen LogP contribution is -2.37. The lowest BCUT2D eigenvalue weighted by molar-refractivity contribution is 0.279. The van der Waals surface area contributed by atoms with Crippen molar-refractivity contribution in [2.45, 2.75) is 0 Å². The molecule has 0 fully saturated rings. The summed E-state index contributed by atoms with van der Waals surface area (Å²) in [5.74, 6) is 0.228. The van der Waals surface area contributed by atoms with E-state index in [1.165, 1.54) is 9.80 Å². The largest absolute Gasteiger partial charge is 0.395 e. The van der Waals surface area contributed by atoms with Crippen molar-refractivity contribution in [2.75, 3.05) is 62.4 Å². The molecule has 0 aromatic carbocycles. The fraction of sp³-hybridized carbons (Fsp3) is 0.727. The first-order valence-electron chi connectivity index (χ1n) is 6.58. The van der Waals surface area contributed by atoms with Gasteiger partial charge in [0.15, 0.2) is 0 Å². The van der Waals surface area contributed by atoms with E-state index in [-0.39, 0.29) is 64.5 Å². The van der Waals surface area contributed by atoms with E-state index in [4.69, 9.17) is 20.4 Å². The third-order valence-electron chi connectivity index (χ3n) is 2.69. The highest BCUT2D eigenvalue weighted by molar-refractivity contribution is 5.37. The van der Waals surface area contributed by atoms with Crippen LogP contribution in [0.1, 0.15) is 0 Å². The molecule has 5 N–H and O–H groups in total. The maximum atomic E-state index is 11.6. The van der Waals surface area contributed by atoms with Gasteiger partial charge >= 0.3 is 5.69 Å². The second kappa shape index (κ2) is 9.23. The van der Waals surface area contributed by atoms with E-state index in [1.807, 2.05) is 0 Å². The average Bonchev–Trinajstić information content (AvgIpc) is 2.46. The average molecular weight is 303 g/mol. The Labute approximate surface area is 121 Å². The molecule has 0 radical (unpaired) electrons. The van der Waals surface area contributed by atoms with Crippen molar-refractivity contribution in [3.63, 3.8) is 0 Å². The van der Waals surface area contributed by atoms with Crippen molar-refractivity contribution in [3.8, 4) is 0 Å². The first-order chi connectivity index (χ1) is 10.2. The van der Waals surface area contributed by atoms with Gasteiger partial charge in [0.05, 0.1) is 26.4 Å². The summed E-state index contributed by atoms with van der Waals surface area (Å²) in [7, 11) is 0. The Morgan fingerprint density at radius 3 is 1.76 bits per heavy atom. The fourth-order valence-electron chi connectivity index (χ4n) is 1.77. The van der Waals surface area contributed by atoms with E-state index >= 15 is 0 Å². The first kappa shape index (κ1) is 17.3. The number of nitrogens with zero attached hydrogens (tertiary/aromatic N) is 4. The summed E-state index contributed by atoms with van der Waals surface area (Å²) in [6.07, 6.45) is 0. The molecular weight excluding hydrogens is 282 g/mol. The van der Waals surface area contributed by atoms with Crippen LogP contribution in [0.15, 0.2) is 4.79 Å². The molecule has 10 nitrogen and oxygen atoms in total. The summed E-state index contributed by atoms with van der Waals surface area (Å²) in [5, 5.41) is 36.0. The van der Waals surface area contributed by atoms with Gasteiger partial charge < -0.3 is 30.2 Å². The molecule has 0 aliphatic heterocycles. The van der Waals surface area contributed by atoms with Gasteiger partial charge in [0.1, 0.15) is 0 Å². The molecule has 21 heavy (non-hydrogen) atoms. The van der Waals surface area contributed by atoms with Gasteiger partial charge in [-0.25, -0.2) is 4.79 Å². The topological polar surface area (TPSA) is 146 Å². The number of rotatable bonds is 10. The van der Waals surface area contributed by atoms with Gasteiger partial charge in [0.2, 0.25) is 11.9 Å². The zero-order valence-electron chi connectivity index (χ0n) is 11.6. The Bertz CT molecular complexity index is 419. The van der Waals surface area contributed by atoms with Crippen LogP contribution in [0.4, 0.5) is 11.9 Å². The molecule has 120 valence electrons. The van der Waals surface area contributed by atoms with Crippen molar-refractivity contribution in [1.82, 2.24) is 15.0 Å². The van der Waals surface area contributed by atoms with Gasteiger partial charge in [-0.3, -0.25) is 4.98 Å². The summed E-state index contributed by atoms with van der Waals surface area (Å²) in [6.45, 7) is 0.0223. The predicted octanol–water partition coefficient (Wildman–Crippen LogP) is -3.25. The molecule has 1 aromatic rings. The van der Waals surface area contributed by atoms with Gasteiger partial charge in [-0.1, -0.05) is 0 Å². The zero-order chi connectivity index (χ0) is 15.7. The number of hydrogen-bond acceptors (Lipinski definition) is 9. The second-order valence-corrected chi connectivity index (χ2v) is 4.15. The Morgan fingerprint density at radius 2 is 1.29 bits per heavy atom. The molecule has 0 amide bonds. The first-order valence-corrected chi connectivity index (χ1v) is 6.58. The van der Waals surface area contributed by atoms with E-state index < -0.39 is 5.69 Å². The molecule has 0 saturated heterocycles. The standard InChI is InChI=1S/C11H21N5O5/c17-5-1-15(2-6-18)9-12-10(14-11(21)13-9)16(3-7-19)4-8-20/h17-20H,1-8H2,(H,12,13,14,21). The summed E-state index contributed by atoms with van der Waals surface area (Å²) < 4.78 is 0. The summed E-state index contributed by atoms with van der Waals surface area (Å²) in [4.78, 5) is 24.9. The maximum absolute atomic E-state index is 11.6. The summed E-state index contributed by atoms with van der Waals surface area (Å²) in [5.41, 5.74) is -0.642. The van der Waals surface area contributed by atoms with Crippen molar-refractivity contribution in [1.29, 1.82) is 0 Å². The monoisotopic (exact) mass is 303 g/mol. The van der Waals surface area contributed by atoms with Gasteiger partial charge in [-0.15, -0.1) is 0 Å². The quantitative estimate of drug-likeness (QED) is 0.300. The van der Waals surface area contributed by atoms with E-state index in [2.05, 4.69) is 15.0 Å². The SMILES string of the molecule is O=c1nc(N(CCO)CCO)nc(N(CCO)CCO)[nH]1. The number of aromatic amines is 1. The normalized spacial score (nSPS) is 10.7. The van der Waals surface area contributed by atoms with Crippen LogP contribution in [-0.2, 0) is 0 Å². The fourth-order valence-corrected chi connectivity index (χ4v) is 1.77. The molecule has 1 rings (SSSR count). The maximum Gasteiger partial charge on any atom is 0.351 e. The van der Waals surface area contributed by atoms with Crippen molar-refractivity contribution in [2.24, 2.45) is 0 Å². The molecular formula is C11H21N5O5. The molecule has 0 unspecified atom stereocenters. The minimum absolute atomic E-state index is 0.0673. The van der Waals surface area contributed by atoms with Crippen LogP contribution in [0.25, 0.3) is 0 Å². The Morgan fingerprint density at radius 1 is 0.810 bits per heavy atom. The summed E-state index contributed by atoms with van der Waals surface area (Å²) >= 11 is 0. The van der Waals surface area contributed by atoms with Gasteiger partial charge in [-0.05, 0) is 0 Å². The molecule has 0 atom stereocenters. The molecule has 10 heteroatoms. The van der Waals surface area contributed by atoms with Crippen molar-refractivity contribution < 1.29 is 20.4 Å². The van der Waals surface area contributed by atoms with Gasteiger partial charge in [-0.2, -0.15) is 9.97 Å². The summed E-state index contributed by atoms with van der Waals surface area (Å²) in [6, 6.07) is 0. The second-order valence-electron chi connectivity index (χ2n) is 4.15. The zero-order valence-corrected chi connectivity index (χ0v) is 11.6. The number of anilines is 2. The highest BCUT2D eigenvalue weighted by Crippen LogP contribution is 2.10. The lowest BCUT2D eigenvalue weighted by atomic mass is 10.5. The van der Waals surface area contributed by atoms with Crippen LogP contribution in [0, 0.1) is 0 Å². The number of hydrogen-bond donors (Lipinski definition) is 5. The number of nitrogens with one attached hydrogen (secondary N) is 1. The van der Waals surface area contributed by atoms with Crippen LogP contribution in [0.5, 0.6) is 0 Å². The molecule has 1 heterocycles. The molecule has 0 spiro atoms. The van der Waals surface area contributed by atoms with Crippen molar-refractivity contribution in [3.05, 3.63) is 10.5 Å². The molecule has 0 bridgehead atoms. The third-order valence-corrected chi connectivity index (χ3v) is 2.69. The Balaban J connectivity index is 3.08. The van der Waals surface area contributed by atoms with Crippen LogP contribution in [0.3, 0.4) is 0 Å². The number of aliphatic hydroxyl groups excluding tert-OH is 4. The van der Waals surface area contributed by atoms with E-state index in [0.717, 1.165) is 0 Å².